The normalized spacial score (nSPS) is 15.7. The van der Waals surface area contributed by atoms with Gasteiger partial charge in [-0.25, -0.2) is 18.2 Å². The minimum atomic E-state index is -2.72. The summed E-state index contributed by atoms with van der Waals surface area (Å²) in [7, 11) is 1.40. The second-order valence-corrected chi connectivity index (χ2v) is 8.23. The van der Waals surface area contributed by atoms with Crippen LogP contribution in [-0.4, -0.2) is 34.0 Å². The fourth-order valence-electron chi connectivity index (χ4n) is 4.24. The van der Waals surface area contributed by atoms with Crippen LogP contribution in [0.25, 0.3) is 11.1 Å². The maximum Gasteiger partial charge on any atom is 0.257 e. The molecule has 0 atom stereocenters. The molecule has 1 fully saturated rings. The van der Waals surface area contributed by atoms with Crippen molar-refractivity contribution in [2.24, 2.45) is 0 Å². The van der Waals surface area contributed by atoms with Gasteiger partial charge in [-0.05, 0) is 31.0 Å². The van der Waals surface area contributed by atoms with E-state index in [1.165, 1.54) is 31.6 Å². The van der Waals surface area contributed by atoms with Gasteiger partial charge in [0.05, 0.1) is 30.7 Å². The van der Waals surface area contributed by atoms with E-state index in [9.17, 15) is 23.1 Å². The number of alkyl halides is 2. The summed E-state index contributed by atoms with van der Waals surface area (Å²) in [6, 6.07) is 9.15. The third kappa shape index (κ3) is 4.89. The lowest BCUT2D eigenvalue weighted by Crippen LogP contribution is -2.25. The maximum atomic E-state index is 14.7. The van der Waals surface area contributed by atoms with E-state index < -0.39 is 17.6 Å². The molecule has 1 amide bonds. The molecule has 0 aliphatic heterocycles. The number of aromatic nitrogens is 2. The van der Waals surface area contributed by atoms with E-state index in [2.05, 4.69) is 15.3 Å². The molecule has 1 aliphatic rings. The number of hydrogen-bond donors (Lipinski definition) is 2. The molecule has 2 heterocycles. The molecule has 0 unspecified atom stereocenters. The van der Waals surface area contributed by atoms with E-state index in [1.807, 2.05) is 0 Å². The summed E-state index contributed by atoms with van der Waals surface area (Å²) in [5.74, 6) is -3.89. The molecule has 6 nitrogen and oxygen atoms in total. The highest BCUT2D eigenvalue weighted by molar-refractivity contribution is 6.06. The molecule has 2 N–H and O–H groups in total. The predicted molar refractivity (Wildman–Crippen MR) is 120 cm³/mol. The summed E-state index contributed by atoms with van der Waals surface area (Å²) in [6.07, 6.45) is 2.63. The molecule has 2 aromatic heterocycles. The monoisotopic (exact) mass is 471 g/mol. The molecule has 178 valence electrons. The Morgan fingerprint density at radius 3 is 2.59 bits per heavy atom. The number of amides is 1. The van der Waals surface area contributed by atoms with Crippen LogP contribution in [-0.2, 0) is 6.61 Å². The van der Waals surface area contributed by atoms with Crippen LogP contribution in [0.5, 0.6) is 5.88 Å². The Balaban J connectivity index is 1.76. The Kier molecular flexibility index (Phi) is 6.83. The van der Waals surface area contributed by atoms with Crippen molar-refractivity contribution >= 4 is 11.6 Å². The van der Waals surface area contributed by atoms with Crippen molar-refractivity contribution < 1.29 is 27.8 Å². The van der Waals surface area contributed by atoms with E-state index in [-0.39, 0.29) is 60.9 Å². The van der Waals surface area contributed by atoms with Gasteiger partial charge in [0.2, 0.25) is 11.8 Å². The van der Waals surface area contributed by atoms with Gasteiger partial charge < -0.3 is 15.2 Å². The third-order valence-corrected chi connectivity index (χ3v) is 6.04. The number of nitrogens with zero attached hydrogens (tertiary/aromatic N) is 2. The summed E-state index contributed by atoms with van der Waals surface area (Å²) in [5.41, 5.74) is 1.84. The number of ether oxygens (including phenoxy) is 1. The first-order chi connectivity index (χ1) is 16.3. The molecule has 0 saturated heterocycles. The Labute approximate surface area is 194 Å². The first-order valence-corrected chi connectivity index (χ1v) is 10.9. The number of aliphatic hydroxyl groups excluding tert-OH is 1. The maximum absolute atomic E-state index is 14.7. The fourth-order valence-corrected chi connectivity index (χ4v) is 4.24. The number of anilines is 1. The van der Waals surface area contributed by atoms with Crippen molar-refractivity contribution in [2.75, 3.05) is 12.4 Å². The molecule has 9 heteroatoms. The topological polar surface area (TPSA) is 84.3 Å². The van der Waals surface area contributed by atoms with Crippen LogP contribution in [0.15, 0.2) is 48.8 Å². The highest BCUT2D eigenvalue weighted by atomic mass is 19.3. The lowest BCUT2D eigenvalue weighted by atomic mass is 9.83. The number of hydrogen-bond acceptors (Lipinski definition) is 5. The fraction of sp³-hybridized carbons (Fsp3) is 0.320. The Morgan fingerprint density at radius 2 is 1.91 bits per heavy atom. The number of benzene rings is 1. The van der Waals surface area contributed by atoms with Crippen molar-refractivity contribution in [3.05, 3.63) is 71.4 Å². The SMILES string of the molecule is COc1ncc(C(=O)Nc2c(-c3ccccc3F)ccnc2C2CCC(F)(F)CC2)cc1CO. The van der Waals surface area contributed by atoms with Crippen molar-refractivity contribution in [3.63, 3.8) is 0 Å². The molecule has 0 spiro atoms. The zero-order chi connectivity index (χ0) is 24.3. The van der Waals surface area contributed by atoms with Gasteiger partial charge in [-0.15, -0.1) is 0 Å². The van der Waals surface area contributed by atoms with Gasteiger partial charge in [0.25, 0.3) is 5.91 Å². The first kappa shape index (κ1) is 23.7. The summed E-state index contributed by atoms with van der Waals surface area (Å²) < 4.78 is 47.3. The number of carbonyl (C=O) groups is 1. The number of nitrogens with one attached hydrogen (secondary N) is 1. The van der Waals surface area contributed by atoms with Crippen LogP contribution in [0, 0.1) is 5.82 Å². The largest absolute Gasteiger partial charge is 0.481 e. The van der Waals surface area contributed by atoms with Crippen LogP contribution < -0.4 is 10.1 Å². The predicted octanol–water partition coefficient (Wildman–Crippen LogP) is 5.33. The summed E-state index contributed by atoms with van der Waals surface area (Å²) in [5, 5.41) is 12.4. The third-order valence-electron chi connectivity index (χ3n) is 6.04. The van der Waals surface area contributed by atoms with Crippen molar-refractivity contribution in [2.45, 2.75) is 44.1 Å². The van der Waals surface area contributed by atoms with Crippen LogP contribution in [0.3, 0.4) is 0 Å². The number of aliphatic hydroxyl groups is 1. The van der Waals surface area contributed by atoms with Crippen molar-refractivity contribution in [1.29, 1.82) is 0 Å². The zero-order valence-corrected chi connectivity index (χ0v) is 18.5. The van der Waals surface area contributed by atoms with Crippen molar-refractivity contribution in [1.82, 2.24) is 9.97 Å². The van der Waals surface area contributed by atoms with Gasteiger partial charge >= 0.3 is 0 Å². The molecule has 3 aromatic rings. The minimum absolute atomic E-state index is 0.148. The highest BCUT2D eigenvalue weighted by Crippen LogP contribution is 2.44. The number of pyridine rings is 2. The van der Waals surface area contributed by atoms with Crippen LogP contribution >= 0.6 is 0 Å². The minimum Gasteiger partial charge on any atom is -0.481 e. The molecule has 1 aromatic carbocycles. The Hall–Kier alpha value is -3.46. The highest BCUT2D eigenvalue weighted by Gasteiger charge is 2.37. The summed E-state index contributed by atoms with van der Waals surface area (Å²) in [6.45, 7) is -0.383. The smallest absolute Gasteiger partial charge is 0.257 e. The van der Waals surface area contributed by atoms with Crippen molar-refractivity contribution in [3.8, 4) is 17.0 Å². The molecule has 34 heavy (non-hydrogen) atoms. The second kappa shape index (κ2) is 9.80. The van der Waals surface area contributed by atoms with Crippen LogP contribution in [0.1, 0.15) is 53.2 Å². The standard InChI is InChI=1S/C25H24F3N3O3/c1-34-24-17(14-32)12-16(13-30-24)23(33)31-22-19(18-4-2-3-5-20(18)26)8-11-29-21(22)15-6-9-25(27,28)10-7-15/h2-5,8,11-13,15,32H,6-7,9-10,14H2,1H3,(H,31,33). The molecule has 1 saturated carbocycles. The van der Waals surface area contributed by atoms with E-state index in [4.69, 9.17) is 4.74 Å². The molecule has 0 bridgehead atoms. The van der Waals surface area contributed by atoms with Gasteiger partial charge in [0, 0.05) is 47.8 Å². The Bertz CT molecular complexity index is 1190. The first-order valence-electron chi connectivity index (χ1n) is 10.9. The number of methoxy groups -OCH3 is 1. The van der Waals surface area contributed by atoms with Gasteiger partial charge in [-0.2, -0.15) is 0 Å². The lowest BCUT2D eigenvalue weighted by molar-refractivity contribution is -0.0384. The van der Waals surface area contributed by atoms with E-state index >= 15 is 0 Å². The van der Waals surface area contributed by atoms with Gasteiger partial charge in [-0.3, -0.25) is 9.78 Å². The molecular formula is C25H24F3N3O3. The van der Waals surface area contributed by atoms with Crippen LogP contribution in [0.2, 0.25) is 0 Å². The van der Waals surface area contributed by atoms with Crippen LogP contribution in [0.4, 0.5) is 18.9 Å². The molecular weight excluding hydrogens is 447 g/mol. The quantitative estimate of drug-likeness (QED) is 0.508. The molecule has 4 rings (SSSR count). The zero-order valence-electron chi connectivity index (χ0n) is 18.5. The molecule has 1 aliphatic carbocycles. The number of halogens is 3. The average molecular weight is 471 g/mol. The van der Waals surface area contributed by atoms with E-state index in [0.717, 1.165) is 0 Å². The van der Waals surface area contributed by atoms with Gasteiger partial charge in [0.15, 0.2) is 0 Å². The van der Waals surface area contributed by atoms with E-state index in [0.29, 0.717) is 16.8 Å². The average Bonchev–Trinajstić information content (AvgIpc) is 2.84. The summed E-state index contributed by atoms with van der Waals surface area (Å²) in [4.78, 5) is 21.6. The summed E-state index contributed by atoms with van der Waals surface area (Å²) >= 11 is 0. The van der Waals surface area contributed by atoms with E-state index in [1.54, 1.807) is 24.3 Å². The Morgan fingerprint density at radius 1 is 1.18 bits per heavy atom. The number of rotatable bonds is 6. The molecule has 0 radical (unpaired) electrons. The van der Waals surface area contributed by atoms with Gasteiger partial charge in [-0.1, -0.05) is 18.2 Å². The lowest BCUT2D eigenvalue weighted by Gasteiger charge is -2.29. The second-order valence-electron chi connectivity index (χ2n) is 8.23. The van der Waals surface area contributed by atoms with Gasteiger partial charge in [0.1, 0.15) is 5.82 Å². The number of carbonyl (C=O) groups excluding carboxylic acids is 1.